The molecule has 0 aliphatic carbocycles. The van der Waals surface area contributed by atoms with E-state index in [1.165, 1.54) is 6.07 Å². The van der Waals surface area contributed by atoms with Crippen LogP contribution in [0.5, 0.6) is 5.75 Å². The van der Waals surface area contributed by atoms with Crippen molar-refractivity contribution in [3.05, 3.63) is 53.8 Å². The molecule has 6 heteroatoms. The maximum absolute atomic E-state index is 14.0. The highest BCUT2D eigenvalue weighted by molar-refractivity contribution is 5.85. The van der Waals surface area contributed by atoms with Crippen LogP contribution in [-0.4, -0.2) is 26.2 Å². The number of guanidine groups is 1. The lowest BCUT2D eigenvalue weighted by Gasteiger charge is -2.27. The van der Waals surface area contributed by atoms with E-state index in [4.69, 9.17) is 4.74 Å². The molecule has 2 aromatic rings. The minimum atomic E-state index is -0.251. The molecule has 1 aliphatic rings. The SMILES string of the molecule is COc1cccc(N(NC2=NCCN2)c2ccc(C)c(F)c2)c1. The number of hydrazine groups is 1. The number of methoxy groups -OCH3 is 1. The molecule has 5 nitrogen and oxygen atoms in total. The normalized spacial score (nSPS) is 13.3. The van der Waals surface area contributed by atoms with Crippen molar-refractivity contribution in [2.75, 3.05) is 25.2 Å². The number of ether oxygens (including phenoxy) is 1. The van der Waals surface area contributed by atoms with Gasteiger partial charge in [0, 0.05) is 12.6 Å². The van der Waals surface area contributed by atoms with Crippen LogP contribution in [0, 0.1) is 12.7 Å². The Bertz CT molecular complexity index is 732. The third kappa shape index (κ3) is 3.36. The van der Waals surface area contributed by atoms with Crippen LogP contribution in [0.1, 0.15) is 5.56 Å². The van der Waals surface area contributed by atoms with Crippen molar-refractivity contribution in [3.63, 3.8) is 0 Å². The highest BCUT2D eigenvalue weighted by Gasteiger charge is 2.15. The number of rotatable bonds is 4. The fraction of sp³-hybridized carbons (Fsp3) is 0.235. The summed E-state index contributed by atoms with van der Waals surface area (Å²) in [4.78, 5) is 4.34. The smallest absolute Gasteiger partial charge is 0.210 e. The van der Waals surface area contributed by atoms with E-state index in [0.717, 1.165) is 24.5 Å². The van der Waals surface area contributed by atoms with Crippen molar-refractivity contribution in [1.29, 1.82) is 0 Å². The number of hydrogen-bond acceptors (Lipinski definition) is 5. The number of nitrogens with one attached hydrogen (secondary N) is 2. The average molecular weight is 314 g/mol. The Labute approximate surface area is 134 Å². The van der Waals surface area contributed by atoms with Gasteiger partial charge in [-0.3, -0.25) is 15.4 Å². The third-order valence-corrected chi connectivity index (χ3v) is 3.62. The Morgan fingerprint density at radius 2 is 2.04 bits per heavy atom. The van der Waals surface area contributed by atoms with Crippen LogP contribution in [0.2, 0.25) is 0 Å². The molecule has 23 heavy (non-hydrogen) atoms. The number of aliphatic imine (C=N–C) groups is 1. The summed E-state index contributed by atoms with van der Waals surface area (Å²) >= 11 is 0. The number of hydrogen-bond donors (Lipinski definition) is 2. The van der Waals surface area contributed by atoms with Gasteiger partial charge in [-0.2, -0.15) is 0 Å². The van der Waals surface area contributed by atoms with Gasteiger partial charge >= 0.3 is 0 Å². The molecule has 0 bridgehead atoms. The zero-order valence-corrected chi connectivity index (χ0v) is 13.1. The molecule has 2 aromatic carbocycles. The zero-order valence-electron chi connectivity index (χ0n) is 13.1. The van der Waals surface area contributed by atoms with Crippen LogP contribution in [0.4, 0.5) is 15.8 Å². The van der Waals surface area contributed by atoms with E-state index in [1.807, 2.05) is 30.3 Å². The first-order valence-electron chi connectivity index (χ1n) is 7.42. The third-order valence-electron chi connectivity index (χ3n) is 3.62. The average Bonchev–Trinajstić information content (AvgIpc) is 3.08. The Balaban J connectivity index is 1.99. The quantitative estimate of drug-likeness (QED) is 0.852. The van der Waals surface area contributed by atoms with Crippen molar-refractivity contribution in [2.45, 2.75) is 6.92 Å². The summed E-state index contributed by atoms with van der Waals surface area (Å²) in [5.41, 5.74) is 5.31. The lowest BCUT2D eigenvalue weighted by molar-refractivity contribution is 0.415. The van der Waals surface area contributed by atoms with Crippen molar-refractivity contribution in [1.82, 2.24) is 10.7 Å². The van der Waals surface area contributed by atoms with Crippen LogP contribution in [0.15, 0.2) is 47.5 Å². The molecule has 0 aromatic heterocycles. The minimum absolute atomic E-state index is 0.251. The Morgan fingerprint density at radius 1 is 1.22 bits per heavy atom. The summed E-state index contributed by atoms with van der Waals surface area (Å²) in [7, 11) is 1.62. The highest BCUT2D eigenvalue weighted by Crippen LogP contribution is 2.27. The Hall–Kier alpha value is -2.76. The van der Waals surface area contributed by atoms with Gasteiger partial charge in [0.1, 0.15) is 11.6 Å². The van der Waals surface area contributed by atoms with Crippen LogP contribution >= 0.6 is 0 Å². The molecule has 1 aliphatic heterocycles. The maximum atomic E-state index is 14.0. The topological polar surface area (TPSA) is 48.9 Å². The maximum Gasteiger partial charge on any atom is 0.210 e. The van der Waals surface area contributed by atoms with E-state index in [9.17, 15) is 4.39 Å². The van der Waals surface area contributed by atoms with Crippen molar-refractivity contribution in [2.24, 2.45) is 4.99 Å². The molecule has 120 valence electrons. The molecular formula is C17H19FN4O. The molecule has 0 amide bonds. The van der Waals surface area contributed by atoms with E-state index in [-0.39, 0.29) is 5.82 Å². The molecule has 0 spiro atoms. The summed E-state index contributed by atoms with van der Waals surface area (Å²) in [6.45, 7) is 3.25. The molecule has 0 atom stereocenters. The largest absolute Gasteiger partial charge is 0.497 e. The van der Waals surface area contributed by atoms with E-state index in [1.54, 1.807) is 25.1 Å². The molecular weight excluding hydrogens is 295 g/mol. The Kier molecular flexibility index (Phi) is 4.32. The minimum Gasteiger partial charge on any atom is -0.497 e. The van der Waals surface area contributed by atoms with Crippen molar-refractivity contribution in [3.8, 4) is 5.75 Å². The second kappa shape index (κ2) is 6.56. The first-order valence-corrected chi connectivity index (χ1v) is 7.42. The van der Waals surface area contributed by atoms with Gasteiger partial charge in [-0.25, -0.2) is 4.39 Å². The molecule has 0 unspecified atom stereocenters. The van der Waals surface area contributed by atoms with E-state index in [0.29, 0.717) is 17.2 Å². The van der Waals surface area contributed by atoms with E-state index >= 15 is 0 Å². The van der Waals surface area contributed by atoms with Crippen LogP contribution in [-0.2, 0) is 0 Å². The number of aryl methyl sites for hydroxylation is 1. The van der Waals surface area contributed by atoms with Crippen LogP contribution in [0.25, 0.3) is 0 Å². The fourth-order valence-electron chi connectivity index (χ4n) is 2.33. The van der Waals surface area contributed by atoms with Gasteiger partial charge in [-0.15, -0.1) is 0 Å². The van der Waals surface area contributed by atoms with E-state index < -0.39 is 0 Å². The molecule has 0 saturated carbocycles. The van der Waals surface area contributed by atoms with Crippen LogP contribution < -0.4 is 20.5 Å². The Morgan fingerprint density at radius 3 is 2.74 bits per heavy atom. The van der Waals surface area contributed by atoms with Gasteiger partial charge in [0.05, 0.1) is 25.0 Å². The fourth-order valence-corrected chi connectivity index (χ4v) is 2.33. The molecule has 0 radical (unpaired) electrons. The van der Waals surface area contributed by atoms with Crippen molar-refractivity contribution >= 4 is 17.3 Å². The van der Waals surface area contributed by atoms with Crippen molar-refractivity contribution < 1.29 is 9.13 Å². The second-order valence-electron chi connectivity index (χ2n) is 5.24. The lowest BCUT2D eigenvalue weighted by atomic mass is 10.2. The predicted octanol–water partition coefficient (Wildman–Crippen LogP) is 2.74. The van der Waals surface area contributed by atoms with Gasteiger partial charge in [-0.05, 0) is 36.8 Å². The molecule has 0 saturated heterocycles. The number of nitrogens with zero attached hydrogens (tertiary/aromatic N) is 2. The standard InChI is InChI=1S/C17H19FN4O/c1-12-6-7-14(11-16(12)18)22(21-17-19-8-9-20-17)13-4-3-5-15(10-13)23-2/h3-7,10-11H,8-9H2,1-2H3,(H2,19,20,21). The summed E-state index contributed by atoms with van der Waals surface area (Å²) in [6.07, 6.45) is 0. The summed E-state index contributed by atoms with van der Waals surface area (Å²) in [5, 5.41) is 4.93. The summed E-state index contributed by atoms with van der Waals surface area (Å²) in [5.74, 6) is 1.13. The molecule has 3 rings (SSSR count). The van der Waals surface area contributed by atoms with Gasteiger partial charge in [0.15, 0.2) is 0 Å². The van der Waals surface area contributed by atoms with E-state index in [2.05, 4.69) is 15.7 Å². The van der Waals surface area contributed by atoms with Gasteiger partial charge in [-0.1, -0.05) is 12.1 Å². The van der Waals surface area contributed by atoms with Crippen LogP contribution in [0.3, 0.4) is 0 Å². The molecule has 1 heterocycles. The first kappa shape index (κ1) is 15.1. The zero-order chi connectivity index (χ0) is 16.2. The number of anilines is 2. The summed E-state index contributed by atoms with van der Waals surface area (Å²) in [6, 6.07) is 12.7. The molecule has 0 fully saturated rings. The predicted molar refractivity (Wildman–Crippen MR) is 89.7 cm³/mol. The molecule has 2 N–H and O–H groups in total. The monoisotopic (exact) mass is 314 g/mol. The second-order valence-corrected chi connectivity index (χ2v) is 5.24. The van der Waals surface area contributed by atoms with Gasteiger partial charge < -0.3 is 10.1 Å². The lowest BCUT2D eigenvalue weighted by Crippen LogP contribution is -2.44. The number of halogens is 1. The first-order chi connectivity index (χ1) is 11.2. The van der Waals surface area contributed by atoms with Gasteiger partial charge in [0.2, 0.25) is 5.96 Å². The van der Waals surface area contributed by atoms with Gasteiger partial charge in [0.25, 0.3) is 0 Å². The summed E-state index contributed by atoms with van der Waals surface area (Å²) < 4.78 is 19.3. The highest BCUT2D eigenvalue weighted by atomic mass is 19.1. The number of benzene rings is 2.